The molecule has 0 saturated heterocycles. The van der Waals surface area contributed by atoms with E-state index in [0.717, 1.165) is 43.2 Å². The number of hydrogen-bond acceptors (Lipinski definition) is 5. The zero-order chi connectivity index (χ0) is 21.5. The van der Waals surface area contributed by atoms with E-state index < -0.39 is 10.3 Å². The predicted octanol–water partition coefficient (Wildman–Crippen LogP) is 2.42. The van der Waals surface area contributed by atoms with Gasteiger partial charge in [-0.25, -0.2) is 0 Å². The van der Waals surface area contributed by atoms with Crippen LogP contribution < -0.4 is 14.6 Å². The Hall–Kier alpha value is -1.90. The van der Waals surface area contributed by atoms with Crippen LogP contribution in [0.5, 0.6) is 5.75 Å². The number of rotatable bonds is 6. The van der Waals surface area contributed by atoms with Crippen molar-refractivity contribution in [3.05, 3.63) is 41.0 Å². The highest BCUT2D eigenvalue weighted by molar-refractivity contribution is 7.84. The molecule has 0 bridgehead atoms. The molecule has 4 rings (SSSR count). The number of nitrogens with one attached hydrogen (secondary N) is 1. The van der Waals surface area contributed by atoms with Crippen LogP contribution in [0.2, 0.25) is 0 Å². The average Bonchev–Trinajstić information content (AvgIpc) is 3.03. The summed E-state index contributed by atoms with van der Waals surface area (Å²) in [6.07, 6.45) is 6.98. The van der Waals surface area contributed by atoms with Crippen molar-refractivity contribution in [2.45, 2.75) is 44.9 Å². The first kappa shape index (κ1) is 21.3. The van der Waals surface area contributed by atoms with Crippen LogP contribution >= 0.6 is 0 Å². The van der Waals surface area contributed by atoms with E-state index in [4.69, 9.17) is 14.1 Å². The van der Waals surface area contributed by atoms with Crippen molar-refractivity contribution < 1.29 is 22.1 Å². The fourth-order valence-corrected chi connectivity index (χ4v) is 6.40. The average molecular weight is 435 g/mol. The molecule has 0 heterocycles. The second-order valence-electron chi connectivity index (χ2n) is 8.91. The van der Waals surface area contributed by atoms with Crippen molar-refractivity contribution in [1.29, 1.82) is 0 Å². The molecule has 1 aromatic rings. The zero-order valence-corrected chi connectivity index (χ0v) is 18.3. The monoisotopic (exact) mass is 434 g/mol. The topological polar surface area (TPSA) is 108 Å². The highest BCUT2D eigenvalue weighted by Crippen LogP contribution is 2.61. The smallest absolute Gasteiger partial charge is 0.380 e. The van der Waals surface area contributed by atoms with Gasteiger partial charge in [-0.05, 0) is 73.1 Å². The quantitative estimate of drug-likeness (QED) is 0.669. The first-order chi connectivity index (χ1) is 14.2. The van der Waals surface area contributed by atoms with Crippen molar-refractivity contribution in [1.82, 2.24) is 5.32 Å². The van der Waals surface area contributed by atoms with Gasteiger partial charge in [0.1, 0.15) is 5.75 Å². The summed E-state index contributed by atoms with van der Waals surface area (Å²) in [4.78, 5) is 12.8. The molecule has 1 saturated carbocycles. The number of benzene rings is 1. The van der Waals surface area contributed by atoms with Crippen LogP contribution in [0.1, 0.15) is 49.7 Å². The lowest BCUT2D eigenvalue weighted by molar-refractivity contribution is -0.119. The summed E-state index contributed by atoms with van der Waals surface area (Å²) in [6.45, 7) is 3.29. The third-order valence-electron chi connectivity index (χ3n) is 7.33. The normalized spacial score (nSPS) is 30.0. The van der Waals surface area contributed by atoms with Gasteiger partial charge in [-0.2, -0.15) is 13.6 Å². The molecule has 1 amide bonds. The minimum Gasteiger partial charge on any atom is -0.383 e. The van der Waals surface area contributed by atoms with Crippen LogP contribution in [0.15, 0.2) is 29.8 Å². The molecular formula is C22H30N2O5S. The molecule has 3 N–H and O–H groups in total. The maximum absolute atomic E-state index is 12.8. The Bertz CT molecular complexity index is 974. The highest BCUT2D eigenvalue weighted by Gasteiger charge is 2.53. The predicted molar refractivity (Wildman–Crippen MR) is 113 cm³/mol. The van der Waals surface area contributed by atoms with Gasteiger partial charge in [0.05, 0.1) is 6.61 Å². The minimum absolute atomic E-state index is 0.0384. The molecule has 30 heavy (non-hydrogen) atoms. The Morgan fingerprint density at radius 2 is 2.13 bits per heavy atom. The molecule has 0 aromatic heterocycles. The molecule has 3 aliphatic rings. The van der Waals surface area contributed by atoms with Gasteiger partial charge in [-0.15, -0.1) is 0 Å². The van der Waals surface area contributed by atoms with Crippen LogP contribution in [0.4, 0.5) is 0 Å². The van der Waals surface area contributed by atoms with E-state index in [2.05, 4.69) is 18.3 Å². The lowest BCUT2D eigenvalue weighted by atomic mass is 9.54. The van der Waals surface area contributed by atoms with Gasteiger partial charge < -0.3 is 14.2 Å². The number of hydrogen-bond donors (Lipinski definition) is 2. The fourth-order valence-electron chi connectivity index (χ4n) is 6.03. The Morgan fingerprint density at radius 3 is 2.87 bits per heavy atom. The largest absolute Gasteiger partial charge is 0.383 e. The van der Waals surface area contributed by atoms with Gasteiger partial charge in [-0.1, -0.05) is 19.1 Å². The third-order valence-corrected chi connectivity index (χ3v) is 7.75. The summed E-state index contributed by atoms with van der Waals surface area (Å²) in [5, 5.41) is 7.99. The van der Waals surface area contributed by atoms with Crippen molar-refractivity contribution in [3.8, 4) is 5.75 Å². The summed E-state index contributed by atoms with van der Waals surface area (Å²) in [5.74, 6) is 1.71. The summed E-state index contributed by atoms with van der Waals surface area (Å²) < 4.78 is 32.4. The molecular weight excluding hydrogens is 404 g/mol. The summed E-state index contributed by atoms with van der Waals surface area (Å²) in [7, 11) is -2.39. The maximum Gasteiger partial charge on any atom is 0.380 e. The van der Waals surface area contributed by atoms with Gasteiger partial charge in [-0.3, -0.25) is 4.79 Å². The van der Waals surface area contributed by atoms with Gasteiger partial charge in [0, 0.05) is 24.6 Å². The molecule has 4 atom stereocenters. The maximum atomic E-state index is 12.8. The summed E-state index contributed by atoms with van der Waals surface area (Å²) >= 11 is 0. The Labute approximate surface area is 178 Å². The second-order valence-corrected chi connectivity index (χ2v) is 10.1. The number of amides is 1. The van der Waals surface area contributed by atoms with E-state index in [1.54, 1.807) is 13.2 Å². The number of allylic oxidation sites excluding steroid dienone is 1. The second kappa shape index (κ2) is 7.98. The molecule has 164 valence electrons. The van der Waals surface area contributed by atoms with Crippen molar-refractivity contribution >= 4 is 16.2 Å². The number of nitrogens with two attached hydrogens (primary N) is 1. The number of carbonyl (C=O) groups is 1. The molecule has 0 aliphatic heterocycles. The number of aryl methyl sites for hydroxylation is 1. The molecule has 0 unspecified atom stereocenters. The molecule has 1 aromatic carbocycles. The van der Waals surface area contributed by atoms with E-state index in [9.17, 15) is 13.2 Å². The van der Waals surface area contributed by atoms with Gasteiger partial charge >= 0.3 is 10.3 Å². The molecule has 7 nitrogen and oxygen atoms in total. The first-order valence-electron chi connectivity index (χ1n) is 10.6. The number of ether oxygens (including phenoxy) is 1. The Balaban J connectivity index is 1.52. The van der Waals surface area contributed by atoms with Crippen LogP contribution in [0.3, 0.4) is 0 Å². The number of carbonyl (C=O) groups excluding carboxylic acids is 1. The van der Waals surface area contributed by atoms with Gasteiger partial charge in [0.25, 0.3) is 0 Å². The van der Waals surface area contributed by atoms with Crippen LogP contribution in [0.25, 0.3) is 0 Å². The van der Waals surface area contributed by atoms with Crippen LogP contribution in [0, 0.1) is 17.3 Å². The summed E-state index contributed by atoms with van der Waals surface area (Å²) in [6, 6.07) is 5.50. The molecule has 0 radical (unpaired) electrons. The van der Waals surface area contributed by atoms with E-state index >= 15 is 0 Å². The third kappa shape index (κ3) is 3.88. The molecule has 8 heteroatoms. The van der Waals surface area contributed by atoms with E-state index in [1.165, 1.54) is 5.56 Å². The molecule has 0 spiro atoms. The summed E-state index contributed by atoms with van der Waals surface area (Å²) in [5.41, 5.74) is 3.27. The van der Waals surface area contributed by atoms with Crippen molar-refractivity contribution in [3.63, 3.8) is 0 Å². The van der Waals surface area contributed by atoms with Crippen LogP contribution in [-0.4, -0.2) is 34.6 Å². The van der Waals surface area contributed by atoms with Gasteiger partial charge in [0.2, 0.25) is 5.91 Å². The van der Waals surface area contributed by atoms with E-state index in [1.807, 2.05) is 12.1 Å². The SMILES string of the molecule is COCCNC(=O)C1=CC[C@H]2[C@@H]3CCc4cc(OS(N)(=O)=O)ccc4[C@H]3CC[C@]12C. The van der Waals surface area contributed by atoms with Crippen molar-refractivity contribution in [2.75, 3.05) is 20.3 Å². The zero-order valence-electron chi connectivity index (χ0n) is 17.5. The van der Waals surface area contributed by atoms with Crippen LogP contribution in [-0.2, 0) is 26.3 Å². The minimum atomic E-state index is -4.02. The van der Waals surface area contributed by atoms with Crippen molar-refractivity contribution in [2.24, 2.45) is 22.4 Å². The highest BCUT2D eigenvalue weighted by atomic mass is 32.2. The Kier molecular flexibility index (Phi) is 5.67. The number of methoxy groups -OCH3 is 1. The van der Waals surface area contributed by atoms with E-state index in [-0.39, 0.29) is 17.1 Å². The lowest BCUT2D eigenvalue weighted by Gasteiger charge is -2.50. The number of fused-ring (bicyclic) bond motifs is 5. The standard InChI is InChI=1S/C22H30N2O5S/c1-22-10-9-17-16-6-4-15(29-30(23,26)27)13-14(16)3-5-18(17)19(22)7-8-20(22)21(25)24-11-12-28-2/h4,6,8,13,17-19H,3,5,7,9-12H2,1-2H3,(H,24,25)(H2,23,26,27)/t17-,18-,19+,22+/m1/s1. The molecule has 3 aliphatic carbocycles. The first-order valence-corrected chi connectivity index (χ1v) is 12.0. The molecule has 1 fully saturated rings. The van der Waals surface area contributed by atoms with E-state index in [0.29, 0.717) is 30.9 Å². The lowest BCUT2D eigenvalue weighted by Crippen LogP contribution is -2.44. The Morgan fingerprint density at radius 1 is 1.33 bits per heavy atom. The fraction of sp³-hybridized carbons (Fsp3) is 0.591. The van der Waals surface area contributed by atoms with Gasteiger partial charge in [0.15, 0.2) is 0 Å².